The number of unbranched alkanes of at least 4 members (excludes halogenated alkanes) is 5. The third-order valence-electron chi connectivity index (χ3n) is 4.11. The van der Waals surface area contributed by atoms with E-state index in [1.807, 2.05) is 26.8 Å². The van der Waals surface area contributed by atoms with Gasteiger partial charge in [-0.25, -0.2) is 0 Å². The molecule has 0 radical (unpaired) electrons. The molecule has 0 heterocycles. The predicted octanol–water partition coefficient (Wildman–Crippen LogP) is 5.49. The maximum absolute atomic E-state index is 5.90. The Morgan fingerprint density at radius 2 is 1.24 bits per heavy atom. The molecule has 0 bridgehead atoms. The van der Waals surface area contributed by atoms with Crippen molar-refractivity contribution in [3.05, 3.63) is 30.3 Å². The minimum absolute atomic E-state index is 0.667. The Balaban J connectivity index is 2.07. The van der Waals surface area contributed by atoms with E-state index in [0.717, 1.165) is 19.0 Å². The van der Waals surface area contributed by atoms with Gasteiger partial charge in [0.15, 0.2) is 0 Å². The zero-order chi connectivity index (χ0) is 18.2. The lowest BCUT2D eigenvalue weighted by molar-refractivity contribution is 0.0706. The molecule has 0 atom stereocenters. The highest BCUT2D eigenvalue weighted by molar-refractivity contribution is 6.60. The van der Waals surface area contributed by atoms with Gasteiger partial charge in [-0.2, -0.15) is 0 Å². The van der Waals surface area contributed by atoms with Crippen LogP contribution >= 0.6 is 0 Å². The van der Waals surface area contributed by atoms with Crippen LogP contribution in [-0.4, -0.2) is 35.2 Å². The Morgan fingerprint density at radius 3 is 1.80 bits per heavy atom. The van der Waals surface area contributed by atoms with Gasteiger partial charge in [-0.1, -0.05) is 43.9 Å². The summed E-state index contributed by atoms with van der Waals surface area (Å²) in [6, 6.07) is 11.4. The van der Waals surface area contributed by atoms with E-state index in [1.54, 1.807) is 0 Å². The molecule has 4 nitrogen and oxygen atoms in total. The van der Waals surface area contributed by atoms with Gasteiger partial charge in [-0.15, -0.1) is 0 Å². The SMILES string of the molecule is CCO[Si](CCCCCCCCNc1ccccc1)(OCC)OCC. The third-order valence-corrected chi connectivity index (χ3v) is 7.26. The Kier molecular flexibility index (Phi) is 12.7. The first kappa shape index (κ1) is 22.2. The minimum atomic E-state index is -2.42. The molecular weight excluding hydrogens is 330 g/mol. The van der Waals surface area contributed by atoms with Crippen molar-refractivity contribution in [1.29, 1.82) is 0 Å². The van der Waals surface area contributed by atoms with Crippen molar-refractivity contribution in [1.82, 2.24) is 0 Å². The smallest absolute Gasteiger partial charge is 0.385 e. The molecule has 0 aromatic heterocycles. The van der Waals surface area contributed by atoms with Crippen molar-refractivity contribution in [2.45, 2.75) is 65.3 Å². The topological polar surface area (TPSA) is 39.7 Å². The van der Waals surface area contributed by atoms with Crippen molar-refractivity contribution in [3.8, 4) is 0 Å². The van der Waals surface area contributed by atoms with E-state index in [0.29, 0.717) is 19.8 Å². The maximum Gasteiger partial charge on any atom is 0.500 e. The first-order chi connectivity index (χ1) is 12.3. The number of para-hydroxylation sites is 1. The van der Waals surface area contributed by atoms with E-state index in [2.05, 4.69) is 29.6 Å². The fraction of sp³-hybridized carbons (Fsp3) is 0.700. The van der Waals surface area contributed by atoms with Crippen molar-refractivity contribution >= 4 is 14.5 Å². The van der Waals surface area contributed by atoms with Crippen molar-refractivity contribution in [3.63, 3.8) is 0 Å². The third kappa shape index (κ3) is 9.99. The quantitative estimate of drug-likeness (QED) is 0.310. The van der Waals surface area contributed by atoms with Crippen molar-refractivity contribution in [2.24, 2.45) is 0 Å². The van der Waals surface area contributed by atoms with Crippen LogP contribution in [0, 0.1) is 0 Å². The summed E-state index contributed by atoms with van der Waals surface area (Å²) in [4.78, 5) is 0. The largest absolute Gasteiger partial charge is 0.500 e. The van der Waals surface area contributed by atoms with Gasteiger partial charge in [0, 0.05) is 38.1 Å². The number of benzene rings is 1. The van der Waals surface area contributed by atoms with Crippen molar-refractivity contribution in [2.75, 3.05) is 31.7 Å². The van der Waals surface area contributed by atoms with Gasteiger partial charge in [0.05, 0.1) is 0 Å². The van der Waals surface area contributed by atoms with Crippen LogP contribution in [0.15, 0.2) is 30.3 Å². The fourth-order valence-corrected chi connectivity index (χ4v) is 5.65. The van der Waals surface area contributed by atoms with Crippen LogP contribution < -0.4 is 5.32 Å². The van der Waals surface area contributed by atoms with E-state index < -0.39 is 8.80 Å². The molecule has 0 saturated heterocycles. The van der Waals surface area contributed by atoms with Gasteiger partial charge in [-0.3, -0.25) is 0 Å². The first-order valence-electron chi connectivity index (χ1n) is 9.97. The van der Waals surface area contributed by atoms with Gasteiger partial charge in [-0.05, 0) is 45.7 Å². The number of anilines is 1. The average Bonchev–Trinajstić information content (AvgIpc) is 2.62. The molecule has 144 valence electrons. The van der Waals surface area contributed by atoms with E-state index in [-0.39, 0.29) is 0 Å². The van der Waals surface area contributed by atoms with Crippen LogP contribution in [0.25, 0.3) is 0 Å². The lowest BCUT2D eigenvalue weighted by Crippen LogP contribution is -2.45. The maximum atomic E-state index is 5.90. The Bertz CT molecular complexity index is 400. The van der Waals surface area contributed by atoms with Gasteiger partial charge in [0.25, 0.3) is 0 Å². The molecule has 0 saturated carbocycles. The zero-order valence-electron chi connectivity index (χ0n) is 16.4. The van der Waals surface area contributed by atoms with E-state index >= 15 is 0 Å². The lowest BCUT2D eigenvalue weighted by atomic mass is 10.1. The monoisotopic (exact) mass is 367 g/mol. The Morgan fingerprint density at radius 1 is 0.720 bits per heavy atom. The van der Waals surface area contributed by atoms with Crippen LogP contribution in [-0.2, 0) is 13.3 Å². The molecule has 25 heavy (non-hydrogen) atoms. The summed E-state index contributed by atoms with van der Waals surface area (Å²) in [5, 5.41) is 3.46. The fourth-order valence-electron chi connectivity index (χ4n) is 2.96. The molecule has 0 aliphatic carbocycles. The number of rotatable bonds is 16. The second-order valence-corrected chi connectivity index (χ2v) is 8.88. The molecule has 0 spiro atoms. The molecule has 0 aliphatic heterocycles. The lowest BCUT2D eigenvalue weighted by Gasteiger charge is -2.28. The second kappa shape index (κ2) is 14.3. The summed E-state index contributed by atoms with van der Waals surface area (Å²) in [6.07, 6.45) is 7.45. The molecule has 0 aliphatic rings. The van der Waals surface area contributed by atoms with Crippen LogP contribution in [0.3, 0.4) is 0 Å². The summed E-state index contributed by atoms with van der Waals surface area (Å²) in [7, 11) is -2.42. The summed E-state index contributed by atoms with van der Waals surface area (Å²) < 4.78 is 17.7. The highest BCUT2D eigenvalue weighted by Crippen LogP contribution is 2.20. The highest BCUT2D eigenvalue weighted by Gasteiger charge is 2.39. The van der Waals surface area contributed by atoms with E-state index in [4.69, 9.17) is 13.3 Å². The molecule has 1 aromatic rings. The van der Waals surface area contributed by atoms with Gasteiger partial charge in [0.1, 0.15) is 0 Å². The van der Waals surface area contributed by atoms with Gasteiger partial charge >= 0.3 is 8.80 Å². The van der Waals surface area contributed by atoms with Gasteiger partial charge < -0.3 is 18.6 Å². The highest BCUT2D eigenvalue weighted by atomic mass is 28.4. The van der Waals surface area contributed by atoms with Gasteiger partial charge in [0.2, 0.25) is 0 Å². The minimum Gasteiger partial charge on any atom is -0.385 e. The molecule has 0 unspecified atom stereocenters. The average molecular weight is 368 g/mol. The summed E-state index contributed by atoms with van der Waals surface area (Å²) >= 11 is 0. The standard InChI is InChI=1S/C20H37NO3Si/c1-4-22-25(23-5-2,24-6-3)19-15-10-8-7-9-14-18-21-20-16-12-11-13-17-20/h11-13,16-17,21H,4-10,14-15,18-19H2,1-3H3. The Labute approximate surface area is 155 Å². The molecule has 0 amide bonds. The molecule has 1 aromatic carbocycles. The first-order valence-corrected chi connectivity index (χ1v) is 11.9. The van der Waals surface area contributed by atoms with Crippen LogP contribution in [0.1, 0.15) is 59.3 Å². The number of hydrogen-bond donors (Lipinski definition) is 1. The Hall–Kier alpha value is -0.883. The predicted molar refractivity (Wildman–Crippen MR) is 108 cm³/mol. The summed E-state index contributed by atoms with van der Waals surface area (Å²) in [5.41, 5.74) is 1.21. The molecule has 5 heteroatoms. The number of nitrogens with one attached hydrogen (secondary N) is 1. The van der Waals surface area contributed by atoms with E-state index in [9.17, 15) is 0 Å². The van der Waals surface area contributed by atoms with Crippen molar-refractivity contribution < 1.29 is 13.3 Å². The normalized spacial score (nSPS) is 11.6. The molecule has 1 N–H and O–H groups in total. The number of hydrogen-bond acceptors (Lipinski definition) is 4. The van der Waals surface area contributed by atoms with Crippen LogP contribution in [0.2, 0.25) is 6.04 Å². The zero-order valence-corrected chi connectivity index (χ0v) is 17.4. The summed E-state index contributed by atoms with van der Waals surface area (Å²) in [5.74, 6) is 0. The second-order valence-electron chi connectivity index (χ2n) is 6.15. The van der Waals surface area contributed by atoms with E-state index in [1.165, 1.54) is 37.8 Å². The van der Waals surface area contributed by atoms with Crippen LogP contribution in [0.4, 0.5) is 5.69 Å². The summed E-state index contributed by atoms with van der Waals surface area (Å²) in [6.45, 7) is 9.11. The molecule has 0 fully saturated rings. The van der Waals surface area contributed by atoms with Crippen LogP contribution in [0.5, 0.6) is 0 Å². The molecule has 1 rings (SSSR count). The molecular formula is C20H37NO3Si.